The molecule has 0 radical (unpaired) electrons. The third kappa shape index (κ3) is 47.9. The van der Waals surface area contributed by atoms with Gasteiger partial charge in [-0.3, -0.25) is 14.4 Å². The van der Waals surface area contributed by atoms with E-state index in [0.717, 1.165) is 77.0 Å². The fourth-order valence-corrected chi connectivity index (χ4v) is 7.06. The normalized spacial score (nSPS) is 12.6. The predicted molar refractivity (Wildman–Crippen MR) is 265 cm³/mol. The molecule has 0 aromatic rings. The molecular formula is C56H96O6. The molecule has 0 saturated heterocycles. The van der Waals surface area contributed by atoms with Crippen LogP contribution in [0, 0.1) is 0 Å². The maximum Gasteiger partial charge on any atom is 0.306 e. The van der Waals surface area contributed by atoms with Gasteiger partial charge in [-0.25, -0.2) is 0 Å². The first-order valence-electron chi connectivity index (χ1n) is 25.9. The lowest BCUT2D eigenvalue weighted by molar-refractivity contribution is -0.167. The van der Waals surface area contributed by atoms with Crippen molar-refractivity contribution in [2.45, 2.75) is 252 Å². The molecule has 0 aromatic heterocycles. The van der Waals surface area contributed by atoms with Gasteiger partial charge < -0.3 is 14.2 Å². The van der Waals surface area contributed by atoms with E-state index in [4.69, 9.17) is 14.2 Å². The second-order valence-electron chi connectivity index (χ2n) is 17.1. The molecule has 0 fully saturated rings. The molecule has 62 heavy (non-hydrogen) atoms. The lowest BCUT2D eigenvalue weighted by Gasteiger charge is -2.18. The minimum absolute atomic E-state index is 0.0931. The molecule has 356 valence electrons. The Bertz CT molecular complexity index is 1180. The summed E-state index contributed by atoms with van der Waals surface area (Å²) in [4.78, 5) is 37.9. The Labute approximate surface area is 382 Å². The van der Waals surface area contributed by atoms with Crippen molar-refractivity contribution in [3.63, 3.8) is 0 Å². The Balaban J connectivity index is 4.47. The molecule has 0 aliphatic heterocycles. The van der Waals surface area contributed by atoms with Crippen LogP contribution in [0.25, 0.3) is 0 Å². The molecule has 0 bridgehead atoms. The van der Waals surface area contributed by atoms with Gasteiger partial charge in [-0.15, -0.1) is 0 Å². The van der Waals surface area contributed by atoms with Crippen LogP contribution in [0.2, 0.25) is 0 Å². The Morgan fingerprint density at radius 2 is 0.645 bits per heavy atom. The first-order valence-corrected chi connectivity index (χ1v) is 25.9. The average Bonchev–Trinajstić information content (AvgIpc) is 3.27. The minimum Gasteiger partial charge on any atom is -0.462 e. The molecule has 0 aromatic carbocycles. The number of allylic oxidation sites excluding steroid dienone is 12. The molecule has 0 heterocycles. The van der Waals surface area contributed by atoms with Gasteiger partial charge in [-0.2, -0.15) is 0 Å². The molecule has 0 unspecified atom stereocenters. The van der Waals surface area contributed by atoms with Gasteiger partial charge in [0.25, 0.3) is 0 Å². The van der Waals surface area contributed by atoms with E-state index >= 15 is 0 Å². The number of esters is 3. The molecule has 6 nitrogen and oxygen atoms in total. The summed E-state index contributed by atoms with van der Waals surface area (Å²) in [5, 5.41) is 0. The van der Waals surface area contributed by atoms with Crippen LogP contribution in [0.4, 0.5) is 0 Å². The second-order valence-corrected chi connectivity index (χ2v) is 17.1. The third-order valence-electron chi connectivity index (χ3n) is 10.9. The number of unbranched alkanes of at least 4 members (excludes halogenated alkanes) is 23. The maximum absolute atomic E-state index is 12.8. The van der Waals surface area contributed by atoms with Crippen molar-refractivity contribution in [3.05, 3.63) is 72.9 Å². The van der Waals surface area contributed by atoms with Gasteiger partial charge in [0, 0.05) is 19.3 Å². The van der Waals surface area contributed by atoms with E-state index in [0.29, 0.717) is 19.3 Å². The topological polar surface area (TPSA) is 78.9 Å². The lowest BCUT2D eigenvalue weighted by Crippen LogP contribution is -2.30. The van der Waals surface area contributed by atoms with Crippen LogP contribution in [0.3, 0.4) is 0 Å². The van der Waals surface area contributed by atoms with Crippen molar-refractivity contribution in [2.24, 2.45) is 0 Å². The van der Waals surface area contributed by atoms with E-state index in [1.807, 2.05) is 0 Å². The van der Waals surface area contributed by atoms with Gasteiger partial charge in [0.05, 0.1) is 0 Å². The summed E-state index contributed by atoms with van der Waals surface area (Å²) in [7, 11) is 0. The highest BCUT2D eigenvalue weighted by molar-refractivity contribution is 5.71. The number of carbonyl (C=O) groups is 3. The van der Waals surface area contributed by atoms with Crippen LogP contribution in [-0.4, -0.2) is 37.2 Å². The maximum atomic E-state index is 12.8. The van der Waals surface area contributed by atoms with E-state index in [2.05, 4.69) is 93.7 Å². The van der Waals surface area contributed by atoms with Gasteiger partial charge in [0.2, 0.25) is 0 Å². The summed E-state index contributed by atoms with van der Waals surface area (Å²) in [6, 6.07) is 0. The number of ether oxygens (including phenoxy) is 3. The van der Waals surface area contributed by atoms with Crippen LogP contribution in [0.5, 0.6) is 0 Å². The second kappa shape index (κ2) is 50.5. The van der Waals surface area contributed by atoms with Crippen LogP contribution in [-0.2, 0) is 28.6 Å². The van der Waals surface area contributed by atoms with E-state index in [9.17, 15) is 14.4 Å². The van der Waals surface area contributed by atoms with Crippen molar-refractivity contribution in [3.8, 4) is 0 Å². The fraction of sp³-hybridized carbons (Fsp3) is 0.732. The van der Waals surface area contributed by atoms with Gasteiger partial charge in [-0.05, 0) is 83.5 Å². The number of hydrogen-bond acceptors (Lipinski definition) is 6. The molecule has 0 amide bonds. The predicted octanol–water partition coefficient (Wildman–Crippen LogP) is 17.0. The fourth-order valence-electron chi connectivity index (χ4n) is 7.06. The van der Waals surface area contributed by atoms with Crippen LogP contribution >= 0.6 is 0 Å². The van der Waals surface area contributed by atoms with Crippen molar-refractivity contribution in [2.75, 3.05) is 13.2 Å². The van der Waals surface area contributed by atoms with Crippen LogP contribution in [0.1, 0.15) is 245 Å². The third-order valence-corrected chi connectivity index (χ3v) is 10.9. The van der Waals surface area contributed by atoms with Crippen molar-refractivity contribution < 1.29 is 28.6 Å². The van der Waals surface area contributed by atoms with Gasteiger partial charge in [0.1, 0.15) is 13.2 Å². The zero-order chi connectivity index (χ0) is 45.1. The standard InChI is InChI=1S/C56H96O6/c1-4-7-10-13-16-19-22-25-27-28-30-31-34-37-40-43-46-49-55(58)61-52-53(51-60-54(57)48-45-42-39-36-33-24-21-18-15-12-9-6-3)62-56(59)50-47-44-41-38-35-32-29-26-23-20-17-14-11-8-5-2/h7,10,16,19-20,23,25,27,30-31,37,40,53H,4-6,8-9,11-15,17-18,21-22,24,26,28-29,32-36,38-39,41-52H2,1-3H3/b10-7-,19-16-,23-20-,27-25-,31-30-,40-37-/t53-/m0/s1. The zero-order valence-electron chi connectivity index (χ0n) is 40.6. The van der Waals surface area contributed by atoms with E-state index in [-0.39, 0.29) is 37.5 Å². The van der Waals surface area contributed by atoms with E-state index in [1.165, 1.54) is 122 Å². The summed E-state index contributed by atoms with van der Waals surface area (Å²) < 4.78 is 16.7. The first-order chi connectivity index (χ1) is 30.5. The summed E-state index contributed by atoms with van der Waals surface area (Å²) in [5.41, 5.74) is 0. The molecule has 1 atom stereocenters. The molecule has 0 aliphatic carbocycles. The van der Waals surface area contributed by atoms with Gasteiger partial charge in [-0.1, -0.05) is 216 Å². The number of hydrogen-bond donors (Lipinski definition) is 0. The molecule has 0 rings (SSSR count). The molecule has 0 aliphatic rings. The summed E-state index contributed by atoms with van der Waals surface area (Å²) in [6.07, 6.45) is 63.1. The van der Waals surface area contributed by atoms with E-state index < -0.39 is 6.10 Å². The molecule has 0 saturated carbocycles. The minimum atomic E-state index is -0.797. The quantitative estimate of drug-likeness (QED) is 0.0262. The highest BCUT2D eigenvalue weighted by atomic mass is 16.6. The molecular weight excluding hydrogens is 769 g/mol. The van der Waals surface area contributed by atoms with Crippen LogP contribution < -0.4 is 0 Å². The molecule has 0 N–H and O–H groups in total. The summed E-state index contributed by atoms with van der Waals surface area (Å²) in [6.45, 7) is 6.46. The Hall–Kier alpha value is -3.15. The SMILES string of the molecule is CC/C=C\C/C=C\C/C=C\C/C=C\C/C=C\CCCC(=O)OC[C@H](COC(=O)CCCCCCCCCCCCCC)OC(=O)CCCCCCCCC/C=C\CCCCCC. The van der Waals surface area contributed by atoms with Gasteiger partial charge >= 0.3 is 17.9 Å². The largest absolute Gasteiger partial charge is 0.462 e. The van der Waals surface area contributed by atoms with Crippen molar-refractivity contribution in [1.29, 1.82) is 0 Å². The summed E-state index contributed by atoms with van der Waals surface area (Å²) >= 11 is 0. The smallest absolute Gasteiger partial charge is 0.306 e. The van der Waals surface area contributed by atoms with Gasteiger partial charge in [0.15, 0.2) is 6.10 Å². The average molecular weight is 865 g/mol. The van der Waals surface area contributed by atoms with Crippen LogP contribution in [0.15, 0.2) is 72.9 Å². The number of carbonyl (C=O) groups excluding carboxylic acids is 3. The Morgan fingerprint density at radius 1 is 0.339 bits per heavy atom. The molecule has 0 spiro atoms. The van der Waals surface area contributed by atoms with Crippen molar-refractivity contribution in [1.82, 2.24) is 0 Å². The van der Waals surface area contributed by atoms with E-state index in [1.54, 1.807) is 0 Å². The van der Waals surface area contributed by atoms with Crippen molar-refractivity contribution >= 4 is 17.9 Å². The highest BCUT2D eigenvalue weighted by Gasteiger charge is 2.19. The molecule has 6 heteroatoms. The first kappa shape index (κ1) is 58.9. The number of rotatable bonds is 46. The Kier molecular flexibility index (Phi) is 47.9. The Morgan fingerprint density at radius 3 is 1.08 bits per heavy atom. The summed E-state index contributed by atoms with van der Waals surface area (Å²) in [5.74, 6) is -0.956. The monoisotopic (exact) mass is 865 g/mol. The zero-order valence-corrected chi connectivity index (χ0v) is 40.6. The highest BCUT2D eigenvalue weighted by Crippen LogP contribution is 2.15. The lowest BCUT2D eigenvalue weighted by atomic mass is 10.0.